The van der Waals surface area contributed by atoms with Crippen molar-refractivity contribution in [1.29, 1.82) is 0 Å². The van der Waals surface area contributed by atoms with Gasteiger partial charge in [0.25, 0.3) is 0 Å². The SMILES string of the molecule is COC(=O)C(Cc1ccccc1)NC(=O)C12CC3CCC1CC(C3)C2. The average Bonchev–Trinajstić information content (AvgIpc) is 2.79. The molecule has 25 heavy (non-hydrogen) atoms. The Bertz CT molecular complexity index is 658. The highest BCUT2D eigenvalue weighted by molar-refractivity contribution is 5.89. The number of nitrogens with one attached hydrogen (secondary N) is 1. The molecule has 4 nitrogen and oxygen atoms in total. The summed E-state index contributed by atoms with van der Waals surface area (Å²) in [4.78, 5) is 25.5. The molecule has 4 rings (SSSR count). The summed E-state index contributed by atoms with van der Waals surface area (Å²) in [6.07, 6.45) is 7.46. The van der Waals surface area contributed by atoms with Crippen molar-refractivity contribution in [2.75, 3.05) is 7.11 Å². The summed E-state index contributed by atoms with van der Waals surface area (Å²) in [5.41, 5.74) is 0.805. The molecule has 1 amide bonds. The summed E-state index contributed by atoms with van der Waals surface area (Å²) in [6, 6.07) is 9.21. The van der Waals surface area contributed by atoms with E-state index in [0.29, 0.717) is 24.2 Å². The zero-order chi connectivity index (χ0) is 17.4. The number of benzene rings is 1. The quantitative estimate of drug-likeness (QED) is 0.837. The number of hydrogen-bond acceptors (Lipinski definition) is 3. The minimum Gasteiger partial charge on any atom is -0.467 e. The summed E-state index contributed by atoms with van der Waals surface area (Å²) in [5, 5.41) is 3.08. The second kappa shape index (κ2) is 6.47. The fourth-order valence-electron chi connectivity index (χ4n) is 5.80. The first-order chi connectivity index (χ1) is 12.1. The summed E-state index contributed by atoms with van der Waals surface area (Å²) in [6.45, 7) is 0. The molecule has 3 aliphatic carbocycles. The molecule has 4 heteroatoms. The van der Waals surface area contributed by atoms with Gasteiger partial charge in [-0.15, -0.1) is 0 Å². The molecule has 1 N–H and O–H groups in total. The van der Waals surface area contributed by atoms with Crippen LogP contribution in [0.1, 0.15) is 44.1 Å². The normalized spacial score (nSPS) is 33.7. The number of carbonyl (C=O) groups is 2. The van der Waals surface area contributed by atoms with Crippen molar-refractivity contribution in [2.45, 2.75) is 51.0 Å². The lowest BCUT2D eigenvalue weighted by Crippen LogP contribution is -2.53. The van der Waals surface area contributed by atoms with Crippen molar-refractivity contribution in [3.05, 3.63) is 35.9 Å². The third-order valence-electron chi connectivity index (χ3n) is 6.82. The summed E-state index contributed by atoms with van der Waals surface area (Å²) >= 11 is 0. The molecule has 0 radical (unpaired) electrons. The van der Waals surface area contributed by atoms with Crippen LogP contribution in [-0.2, 0) is 20.7 Å². The third kappa shape index (κ3) is 2.96. The minimum absolute atomic E-state index is 0.0933. The molecule has 5 unspecified atom stereocenters. The molecule has 1 aromatic rings. The Morgan fingerprint density at radius 2 is 1.92 bits per heavy atom. The Morgan fingerprint density at radius 1 is 1.16 bits per heavy atom. The zero-order valence-corrected chi connectivity index (χ0v) is 14.9. The van der Waals surface area contributed by atoms with Gasteiger partial charge in [0.15, 0.2) is 0 Å². The van der Waals surface area contributed by atoms with E-state index in [1.165, 1.54) is 32.8 Å². The molecule has 134 valence electrons. The molecule has 5 atom stereocenters. The van der Waals surface area contributed by atoms with Crippen LogP contribution in [0, 0.1) is 23.2 Å². The first-order valence-electron chi connectivity index (χ1n) is 9.53. The van der Waals surface area contributed by atoms with Crippen molar-refractivity contribution in [3.8, 4) is 0 Å². The molecule has 0 saturated heterocycles. The van der Waals surface area contributed by atoms with E-state index in [0.717, 1.165) is 18.4 Å². The average molecular weight is 341 g/mol. The highest BCUT2D eigenvalue weighted by Crippen LogP contribution is 2.62. The minimum atomic E-state index is -0.603. The van der Waals surface area contributed by atoms with E-state index >= 15 is 0 Å². The Hall–Kier alpha value is -1.84. The highest BCUT2D eigenvalue weighted by atomic mass is 16.5. The van der Waals surface area contributed by atoms with Gasteiger partial charge in [-0.25, -0.2) is 4.79 Å². The number of ether oxygens (including phenoxy) is 1. The van der Waals surface area contributed by atoms with Gasteiger partial charge in [-0.3, -0.25) is 4.79 Å². The second-order valence-corrected chi connectivity index (χ2v) is 8.28. The summed E-state index contributed by atoms with van der Waals surface area (Å²) in [7, 11) is 1.39. The summed E-state index contributed by atoms with van der Waals surface area (Å²) < 4.78 is 4.96. The summed E-state index contributed by atoms with van der Waals surface area (Å²) in [5.74, 6) is 1.66. The molecule has 3 aliphatic rings. The van der Waals surface area contributed by atoms with E-state index in [1.807, 2.05) is 30.3 Å². The molecule has 3 fully saturated rings. The van der Waals surface area contributed by atoms with Gasteiger partial charge in [-0.05, 0) is 55.4 Å². The second-order valence-electron chi connectivity index (χ2n) is 8.28. The topological polar surface area (TPSA) is 55.4 Å². The third-order valence-corrected chi connectivity index (χ3v) is 6.82. The lowest BCUT2D eigenvalue weighted by Gasteiger charge is -2.44. The number of amides is 1. The van der Waals surface area contributed by atoms with Crippen LogP contribution in [-0.4, -0.2) is 25.0 Å². The van der Waals surface area contributed by atoms with Crippen LogP contribution in [0.15, 0.2) is 30.3 Å². The Kier molecular flexibility index (Phi) is 4.30. The standard InChI is InChI=1S/C21H27NO3/c1-25-19(23)18(11-14-5-3-2-4-6-14)22-20(24)21-12-15-7-8-17(21)10-16(9-15)13-21/h2-6,15-18H,7-13H2,1H3,(H,22,24). The maximum atomic E-state index is 13.3. The van der Waals surface area contributed by atoms with Gasteiger partial charge >= 0.3 is 5.97 Å². The predicted octanol–water partition coefficient (Wildman–Crippen LogP) is 3.10. The maximum Gasteiger partial charge on any atom is 0.328 e. The molecule has 3 saturated carbocycles. The Balaban J connectivity index is 1.52. The molecule has 3 bridgehead atoms. The van der Waals surface area contributed by atoms with Crippen molar-refractivity contribution in [3.63, 3.8) is 0 Å². The van der Waals surface area contributed by atoms with Gasteiger partial charge in [0.05, 0.1) is 12.5 Å². The number of methoxy groups -OCH3 is 1. The Morgan fingerprint density at radius 3 is 2.68 bits per heavy atom. The lowest BCUT2D eigenvalue weighted by atomic mass is 9.61. The van der Waals surface area contributed by atoms with E-state index in [4.69, 9.17) is 4.74 Å². The largest absolute Gasteiger partial charge is 0.467 e. The van der Waals surface area contributed by atoms with Crippen LogP contribution in [0.3, 0.4) is 0 Å². The van der Waals surface area contributed by atoms with Crippen LogP contribution >= 0.6 is 0 Å². The first-order valence-corrected chi connectivity index (χ1v) is 9.53. The van der Waals surface area contributed by atoms with Crippen molar-refractivity contribution in [1.82, 2.24) is 5.32 Å². The van der Waals surface area contributed by atoms with Crippen molar-refractivity contribution >= 4 is 11.9 Å². The van der Waals surface area contributed by atoms with Crippen LogP contribution < -0.4 is 5.32 Å². The molecule has 0 aliphatic heterocycles. The van der Waals surface area contributed by atoms with Crippen LogP contribution in [0.4, 0.5) is 0 Å². The van der Waals surface area contributed by atoms with Gasteiger partial charge in [0.2, 0.25) is 5.91 Å². The van der Waals surface area contributed by atoms with Crippen molar-refractivity contribution in [2.24, 2.45) is 23.2 Å². The fraction of sp³-hybridized carbons (Fsp3) is 0.619. The van der Waals surface area contributed by atoms with Crippen LogP contribution in [0.2, 0.25) is 0 Å². The number of esters is 1. The maximum absolute atomic E-state index is 13.3. The molecule has 1 aromatic carbocycles. The lowest BCUT2D eigenvalue weighted by molar-refractivity contribution is -0.148. The van der Waals surface area contributed by atoms with Crippen molar-refractivity contribution < 1.29 is 14.3 Å². The monoisotopic (exact) mass is 341 g/mol. The number of fused-ring (bicyclic) bond motifs is 2. The van der Waals surface area contributed by atoms with E-state index < -0.39 is 6.04 Å². The Labute approximate surface area is 149 Å². The smallest absolute Gasteiger partial charge is 0.328 e. The highest BCUT2D eigenvalue weighted by Gasteiger charge is 2.58. The van der Waals surface area contributed by atoms with E-state index in [9.17, 15) is 9.59 Å². The molecular weight excluding hydrogens is 314 g/mol. The number of rotatable bonds is 5. The molecule has 0 spiro atoms. The van der Waals surface area contributed by atoms with E-state index in [1.54, 1.807) is 0 Å². The van der Waals surface area contributed by atoms with Gasteiger partial charge in [-0.2, -0.15) is 0 Å². The zero-order valence-electron chi connectivity index (χ0n) is 14.9. The van der Waals surface area contributed by atoms with Gasteiger partial charge in [0.1, 0.15) is 6.04 Å². The predicted molar refractivity (Wildman–Crippen MR) is 94.7 cm³/mol. The number of carbonyl (C=O) groups excluding carboxylic acids is 2. The van der Waals surface area contributed by atoms with Gasteiger partial charge < -0.3 is 10.1 Å². The van der Waals surface area contributed by atoms with Gasteiger partial charge in [0, 0.05) is 6.42 Å². The fourth-order valence-corrected chi connectivity index (χ4v) is 5.80. The molecular formula is C21H27NO3. The first kappa shape index (κ1) is 16.6. The van der Waals surface area contributed by atoms with Gasteiger partial charge in [-0.1, -0.05) is 36.8 Å². The van der Waals surface area contributed by atoms with E-state index in [-0.39, 0.29) is 17.3 Å². The molecule has 0 aromatic heterocycles. The molecule has 0 heterocycles. The van der Waals surface area contributed by atoms with E-state index in [2.05, 4.69) is 5.32 Å². The number of hydrogen-bond donors (Lipinski definition) is 1. The van der Waals surface area contributed by atoms with Crippen LogP contribution in [0.5, 0.6) is 0 Å². The van der Waals surface area contributed by atoms with Crippen LogP contribution in [0.25, 0.3) is 0 Å².